The minimum Gasteiger partial charge on any atom is -0.480 e. The summed E-state index contributed by atoms with van der Waals surface area (Å²) in [6.07, 6.45) is 6.70. The van der Waals surface area contributed by atoms with E-state index in [1.165, 1.54) is 32.0 Å². The molecule has 6 heteroatoms. The number of aliphatic carboxylic acids is 1. The highest BCUT2D eigenvalue weighted by atomic mass is 16.4. The topological polar surface area (TPSA) is 78.4 Å². The SMILES string of the molecule is CN(CC1CCCC1)c1cc(NCC(=O)O)ncn1. The van der Waals surface area contributed by atoms with Gasteiger partial charge in [0.15, 0.2) is 0 Å². The van der Waals surface area contributed by atoms with Crippen molar-refractivity contribution >= 4 is 17.6 Å². The van der Waals surface area contributed by atoms with Crippen LogP contribution < -0.4 is 10.2 Å². The summed E-state index contributed by atoms with van der Waals surface area (Å²) in [5.74, 6) is 1.22. The summed E-state index contributed by atoms with van der Waals surface area (Å²) in [6, 6.07) is 1.79. The van der Waals surface area contributed by atoms with Crippen LogP contribution in [0, 0.1) is 5.92 Å². The molecule has 1 heterocycles. The molecule has 0 unspecified atom stereocenters. The average Bonchev–Trinajstić information content (AvgIpc) is 2.89. The van der Waals surface area contributed by atoms with Crippen LogP contribution in [0.1, 0.15) is 25.7 Å². The van der Waals surface area contributed by atoms with Crippen molar-refractivity contribution in [3.8, 4) is 0 Å². The molecule has 1 aliphatic rings. The van der Waals surface area contributed by atoms with E-state index in [1.807, 2.05) is 7.05 Å². The van der Waals surface area contributed by atoms with Gasteiger partial charge in [0.2, 0.25) is 0 Å². The van der Waals surface area contributed by atoms with Crippen LogP contribution in [0.3, 0.4) is 0 Å². The molecule has 0 bridgehead atoms. The summed E-state index contributed by atoms with van der Waals surface area (Å²) in [7, 11) is 2.02. The molecule has 1 aromatic heterocycles. The van der Waals surface area contributed by atoms with Crippen molar-refractivity contribution in [1.82, 2.24) is 9.97 Å². The number of rotatable bonds is 6. The molecule has 104 valence electrons. The molecular formula is C13H20N4O2. The van der Waals surface area contributed by atoms with E-state index in [9.17, 15) is 4.79 Å². The highest BCUT2D eigenvalue weighted by molar-refractivity contribution is 5.72. The standard InChI is InChI=1S/C13H20N4O2/c1-17(8-10-4-2-3-5-10)12-6-11(15-9-16-12)14-7-13(18)19/h6,9-10H,2-5,7-8H2,1H3,(H,18,19)(H,14,15,16). The van der Waals surface area contributed by atoms with Gasteiger partial charge >= 0.3 is 5.97 Å². The molecule has 6 nitrogen and oxygen atoms in total. The quantitative estimate of drug-likeness (QED) is 0.812. The molecule has 0 saturated heterocycles. The summed E-state index contributed by atoms with van der Waals surface area (Å²) in [6.45, 7) is 0.859. The van der Waals surface area contributed by atoms with Gasteiger partial charge in [-0.3, -0.25) is 4.79 Å². The number of hydrogen-bond donors (Lipinski definition) is 2. The Hall–Kier alpha value is -1.85. The zero-order valence-corrected chi connectivity index (χ0v) is 11.2. The summed E-state index contributed by atoms with van der Waals surface area (Å²) in [5.41, 5.74) is 0. The summed E-state index contributed by atoms with van der Waals surface area (Å²) in [4.78, 5) is 20.9. The Morgan fingerprint density at radius 1 is 1.47 bits per heavy atom. The van der Waals surface area contributed by atoms with Crippen LogP contribution in [0.5, 0.6) is 0 Å². The Morgan fingerprint density at radius 3 is 2.89 bits per heavy atom. The van der Waals surface area contributed by atoms with Crippen molar-refractivity contribution in [3.05, 3.63) is 12.4 Å². The van der Waals surface area contributed by atoms with Gasteiger partial charge in [-0.05, 0) is 18.8 Å². The van der Waals surface area contributed by atoms with Crippen LogP contribution in [-0.4, -0.2) is 41.2 Å². The molecule has 2 N–H and O–H groups in total. The first kappa shape index (κ1) is 13.6. The average molecular weight is 264 g/mol. The zero-order valence-electron chi connectivity index (χ0n) is 11.2. The normalized spacial score (nSPS) is 15.4. The first-order valence-electron chi connectivity index (χ1n) is 6.64. The number of aromatic nitrogens is 2. The van der Waals surface area contributed by atoms with Gasteiger partial charge in [0.1, 0.15) is 24.5 Å². The molecule has 19 heavy (non-hydrogen) atoms. The Bertz CT molecular complexity index is 432. The zero-order chi connectivity index (χ0) is 13.7. The summed E-state index contributed by atoms with van der Waals surface area (Å²) >= 11 is 0. The third-order valence-corrected chi connectivity index (χ3v) is 3.47. The number of carbonyl (C=O) groups is 1. The van der Waals surface area contributed by atoms with Gasteiger partial charge < -0.3 is 15.3 Å². The van der Waals surface area contributed by atoms with E-state index in [1.54, 1.807) is 6.07 Å². The molecule has 0 radical (unpaired) electrons. The smallest absolute Gasteiger partial charge is 0.322 e. The summed E-state index contributed by atoms with van der Waals surface area (Å²) < 4.78 is 0. The van der Waals surface area contributed by atoms with Crippen LogP contribution in [0.25, 0.3) is 0 Å². The van der Waals surface area contributed by atoms with Crippen LogP contribution in [0.4, 0.5) is 11.6 Å². The number of hydrogen-bond acceptors (Lipinski definition) is 5. The number of nitrogens with one attached hydrogen (secondary N) is 1. The highest BCUT2D eigenvalue weighted by Gasteiger charge is 2.17. The second-order valence-electron chi connectivity index (χ2n) is 5.04. The first-order valence-corrected chi connectivity index (χ1v) is 6.64. The monoisotopic (exact) mass is 264 g/mol. The van der Waals surface area contributed by atoms with E-state index >= 15 is 0 Å². The van der Waals surface area contributed by atoms with Gasteiger partial charge in [-0.1, -0.05) is 12.8 Å². The van der Waals surface area contributed by atoms with E-state index < -0.39 is 5.97 Å². The molecule has 0 aliphatic heterocycles. The van der Waals surface area contributed by atoms with Gasteiger partial charge in [-0.15, -0.1) is 0 Å². The molecule has 0 aromatic carbocycles. The molecule has 2 rings (SSSR count). The minimum atomic E-state index is -0.903. The van der Waals surface area contributed by atoms with E-state index in [4.69, 9.17) is 5.11 Å². The molecule has 1 aromatic rings. The second-order valence-corrected chi connectivity index (χ2v) is 5.04. The maximum Gasteiger partial charge on any atom is 0.322 e. The maximum atomic E-state index is 10.5. The van der Waals surface area contributed by atoms with E-state index in [2.05, 4.69) is 20.2 Å². The van der Waals surface area contributed by atoms with Crippen LogP contribution in [-0.2, 0) is 4.79 Å². The molecule has 0 spiro atoms. The first-order chi connectivity index (χ1) is 9.15. The lowest BCUT2D eigenvalue weighted by Crippen LogP contribution is -2.25. The number of nitrogens with zero attached hydrogens (tertiary/aromatic N) is 3. The fraction of sp³-hybridized carbons (Fsp3) is 0.615. The highest BCUT2D eigenvalue weighted by Crippen LogP contribution is 2.26. The fourth-order valence-corrected chi connectivity index (χ4v) is 2.49. The molecule has 0 amide bonds. The van der Waals surface area contributed by atoms with Gasteiger partial charge in [0, 0.05) is 19.7 Å². The Balaban J connectivity index is 1.94. The van der Waals surface area contributed by atoms with Crippen molar-refractivity contribution in [2.45, 2.75) is 25.7 Å². The van der Waals surface area contributed by atoms with Crippen molar-refractivity contribution in [2.75, 3.05) is 30.4 Å². The Morgan fingerprint density at radius 2 is 2.21 bits per heavy atom. The van der Waals surface area contributed by atoms with E-state index in [0.717, 1.165) is 18.3 Å². The van der Waals surface area contributed by atoms with Crippen molar-refractivity contribution in [1.29, 1.82) is 0 Å². The van der Waals surface area contributed by atoms with Gasteiger partial charge in [-0.2, -0.15) is 0 Å². The van der Waals surface area contributed by atoms with E-state index in [0.29, 0.717) is 5.82 Å². The molecule has 1 fully saturated rings. The van der Waals surface area contributed by atoms with Gasteiger partial charge in [0.05, 0.1) is 0 Å². The molecule has 1 aliphatic carbocycles. The number of anilines is 2. The second kappa shape index (κ2) is 6.36. The fourth-order valence-electron chi connectivity index (χ4n) is 2.49. The van der Waals surface area contributed by atoms with Gasteiger partial charge in [0.25, 0.3) is 0 Å². The molecule has 1 saturated carbocycles. The molecule has 0 atom stereocenters. The lowest BCUT2D eigenvalue weighted by molar-refractivity contribution is -0.134. The minimum absolute atomic E-state index is 0.136. The Labute approximate surface area is 112 Å². The Kier molecular flexibility index (Phi) is 4.54. The lowest BCUT2D eigenvalue weighted by Gasteiger charge is -2.22. The van der Waals surface area contributed by atoms with E-state index in [-0.39, 0.29) is 6.54 Å². The van der Waals surface area contributed by atoms with Crippen LogP contribution in [0.2, 0.25) is 0 Å². The number of carboxylic acid groups (broad SMARTS) is 1. The van der Waals surface area contributed by atoms with Crippen LogP contribution >= 0.6 is 0 Å². The van der Waals surface area contributed by atoms with Crippen molar-refractivity contribution in [3.63, 3.8) is 0 Å². The van der Waals surface area contributed by atoms with Crippen molar-refractivity contribution < 1.29 is 9.90 Å². The van der Waals surface area contributed by atoms with Gasteiger partial charge in [-0.25, -0.2) is 9.97 Å². The predicted octanol–water partition coefficient (Wildman–Crippen LogP) is 1.60. The largest absolute Gasteiger partial charge is 0.480 e. The predicted molar refractivity (Wildman–Crippen MR) is 73.4 cm³/mol. The third kappa shape index (κ3) is 4.08. The number of carboxylic acids is 1. The maximum absolute atomic E-state index is 10.5. The lowest BCUT2D eigenvalue weighted by atomic mass is 10.1. The summed E-state index contributed by atoms with van der Waals surface area (Å²) in [5, 5.41) is 11.4. The van der Waals surface area contributed by atoms with Crippen molar-refractivity contribution in [2.24, 2.45) is 5.92 Å². The third-order valence-electron chi connectivity index (χ3n) is 3.47. The molecular weight excluding hydrogens is 244 g/mol. The van der Waals surface area contributed by atoms with Crippen LogP contribution in [0.15, 0.2) is 12.4 Å².